The smallest absolute Gasteiger partial charge is 0.306 e. The van der Waals surface area contributed by atoms with Gasteiger partial charge in [-0.15, -0.1) is 0 Å². The van der Waals surface area contributed by atoms with Gasteiger partial charge in [-0.1, -0.05) is 12.1 Å². The second-order valence-corrected chi connectivity index (χ2v) is 7.97. The molecule has 7 nitrogen and oxygen atoms in total. The lowest BCUT2D eigenvalue weighted by atomic mass is 10.0. The van der Waals surface area contributed by atoms with E-state index in [4.69, 9.17) is 10.5 Å². The number of amides is 1. The van der Waals surface area contributed by atoms with Crippen LogP contribution in [0, 0.1) is 0 Å². The monoisotopic (exact) mass is 388 g/mol. The van der Waals surface area contributed by atoms with E-state index in [0.29, 0.717) is 24.9 Å². The number of ether oxygens (including phenoxy) is 1. The zero-order chi connectivity index (χ0) is 19.7. The van der Waals surface area contributed by atoms with Crippen molar-refractivity contribution in [3.05, 3.63) is 29.8 Å². The molecule has 0 radical (unpaired) electrons. The third kappa shape index (κ3) is 7.09. The van der Waals surface area contributed by atoms with Gasteiger partial charge in [0.1, 0.15) is 12.8 Å². The van der Waals surface area contributed by atoms with Crippen molar-refractivity contribution in [1.29, 1.82) is 0 Å². The number of hydrogen-bond donors (Lipinski definition) is 2. The first-order valence-corrected chi connectivity index (χ1v) is 10.1. The van der Waals surface area contributed by atoms with E-state index in [1.807, 2.05) is 0 Å². The van der Waals surface area contributed by atoms with Crippen LogP contribution in [0.2, 0.25) is 0 Å². The molecular formula is C17H25FN2O5S. The quantitative estimate of drug-likeness (QED) is 0.461. The molecule has 0 aliphatic heterocycles. The molecule has 1 aromatic rings. The van der Waals surface area contributed by atoms with E-state index in [2.05, 4.69) is 5.32 Å². The maximum atomic E-state index is 13.5. The minimum atomic E-state index is -3.39. The van der Waals surface area contributed by atoms with Gasteiger partial charge >= 0.3 is 5.97 Å². The molecule has 0 aliphatic rings. The highest BCUT2D eigenvalue weighted by Gasteiger charge is 2.28. The van der Waals surface area contributed by atoms with Crippen LogP contribution < -0.4 is 11.1 Å². The van der Waals surface area contributed by atoms with E-state index in [0.717, 1.165) is 6.26 Å². The van der Waals surface area contributed by atoms with Crippen molar-refractivity contribution in [1.82, 2.24) is 5.32 Å². The Morgan fingerprint density at radius 2 is 1.85 bits per heavy atom. The molecule has 1 rings (SSSR count). The number of hydrogen-bond acceptors (Lipinski definition) is 6. The summed E-state index contributed by atoms with van der Waals surface area (Å²) >= 11 is 0. The molecular weight excluding hydrogens is 363 g/mol. The molecule has 26 heavy (non-hydrogen) atoms. The standard InChI is InChI=1S/C17H25FN2O5S/c1-12(21)20-15(11-18)17(25-16(22)5-3-4-10-19)13-6-8-14(9-7-13)26(2,23)24/h6-9,15,17H,3-5,10-11,19H2,1-2H3,(H,20,21)/t15-,17-/m1/s1. The van der Waals surface area contributed by atoms with Gasteiger partial charge in [0.25, 0.3) is 0 Å². The maximum absolute atomic E-state index is 13.5. The summed E-state index contributed by atoms with van der Waals surface area (Å²) in [7, 11) is -3.39. The average molecular weight is 388 g/mol. The van der Waals surface area contributed by atoms with Crippen LogP contribution in [0.25, 0.3) is 0 Å². The third-order valence-electron chi connectivity index (χ3n) is 3.65. The molecule has 0 aliphatic carbocycles. The maximum Gasteiger partial charge on any atom is 0.306 e. The largest absolute Gasteiger partial charge is 0.455 e. The van der Waals surface area contributed by atoms with Gasteiger partial charge in [0, 0.05) is 19.6 Å². The molecule has 1 amide bonds. The van der Waals surface area contributed by atoms with E-state index in [-0.39, 0.29) is 11.3 Å². The Hall–Kier alpha value is -2.00. The van der Waals surface area contributed by atoms with Gasteiger partial charge in [0.15, 0.2) is 9.84 Å². The summed E-state index contributed by atoms with van der Waals surface area (Å²) in [6, 6.07) is 4.51. The third-order valence-corrected chi connectivity index (χ3v) is 4.78. The Bertz CT molecular complexity index is 706. The highest BCUT2D eigenvalue weighted by atomic mass is 32.2. The summed E-state index contributed by atoms with van der Waals surface area (Å²) < 4.78 is 42.0. The number of nitrogens with one attached hydrogen (secondary N) is 1. The average Bonchev–Trinajstić information content (AvgIpc) is 2.57. The number of nitrogens with two attached hydrogens (primary N) is 1. The van der Waals surface area contributed by atoms with E-state index in [9.17, 15) is 22.4 Å². The zero-order valence-electron chi connectivity index (χ0n) is 14.9. The second kappa shape index (κ2) is 10.2. The van der Waals surface area contributed by atoms with E-state index in [1.165, 1.54) is 31.2 Å². The van der Waals surface area contributed by atoms with Crippen LogP contribution in [0.15, 0.2) is 29.2 Å². The van der Waals surface area contributed by atoms with Gasteiger partial charge in [-0.3, -0.25) is 9.59 Å². The molecule has 0 fully saturated rings. The summed E-state index contributed by atoms with van der Waals surface area (Å²) in [5.74, 6) is -1.01. The summed E-state index contributed by atoms with van der Waals surface area (Å²) in [6.07, 6.45) is 1.31. The number of benzene rings is 1. The highest BCUT2D eigenvalue weighted by Crippen LogP contribution is 2.25. The summed E-state index contributed by atoms with van der Waals surface area (Å²) in [5, 5.41) is 2.42. The number of carbonyl (C=O) groups is 2. The predicted octanol–water partition coefficient (Wildman–Crippen LogP) is 1.28. The number of unbranched alkanes of at least 4 members (excludes halogenated alkanes) is 1. The number of esters is 1. The Morgan fingerprint density at radius 1 is 1.23 bits per heavy atom. The molecule has 1 aromatic carbocycles. The van der Waals surface area contributed by atoms with Crippen LogP contribution in [0.3, 0.4) is 0 Å². The summed E-state index contributed by atoms with van der Waals surface area (Å²) in [6.45, 7) is 0.729. The molecule has 0 bridgehead atoms. The summed E-state index contributed by atoms with van der Waals surface area (Å²) in [5.41, 5.74) is 5.77. The van der Waals surface area contributed by atoms with Gasteiger partial charge in [0.05, 0.1) is 10.9 Å². The number of alkyl halides is 1. The van der Waals surface area contributed by atoms with Crippen molar-refractivity contribution in [2.45, 2.75) is 43.2 Å². The predicted molar refractivity (Wildman–Crippen MR) is 94.9 cm³/mol. The molecule has 146 valence electrons. The molecule has 9 heteroatoms. The summed E-state index contributed by atoms with van der Waals surface area (Å²) in [4.78, 5) is 23.4. The second-order valence-electron chi connectivity index (χ2n) is 5.96. The van der Waals surface area contributed by atoms with Crippen LogP contribution in [0.5, 0.6) is 0 Å². The lowest BCUT2D eigenvalue weighted by Crippen LogP contribution is -2.41. The fourth-order valence-electron chi connectivity index (χ4n) is 2.36. The molecule has 0 saturated carbocycles. The van der Waals surface area contributed by atoms with Gasteiger partial charge in [0.2, 0.25) is 5.91 Å². The Morgan fingerprint density at radius 3 is 2.31 bits per heavy atom. The van der Waals surface area contributed by atoms with E-state index >= 15 is 0 Å². The Labute approximate surface area is 153 Å². The van der Waals surface area contributed by atoms with Crippen molar-refractivity contribution in [3.63, 3.8) is 0 Å². The number of carbonyl (C=O) groups excluding carboxylic acids is 2. The van der Waals surface area contributed by atoms with E-state index < -0.39 is 40.5 Å². The molecule has 0 aromatic heterocycles. The van der Waals surface area contributed by atoms with Crippen LogP contribution in [0.4, 0.5) is 4.39 Å². The van der Waals surface area contributed by atoms with Crippen LogP contribution >= 0.6 is 0 Å². The van der Waals surface area contributed by atoms with Gasteiger partial charge in [-0.2, -0.15) is 0 Å². The number of rotatable bonds is 10. The van der Waals surface area contributed by atoms with Crippen molar-refractivity contribution in [2.75, 3.05) is 19.5 Å². The van der Waals surface area contributed by atoms with E-state index in [1.54, 1.807) is 0 Å². The first-order valence-electron chi connectivity index (χ1n) is 8.21. The first kappa shape index (κ1) is 22.0. The van der Waals surface area contributed by atoms with Crippen molar-refractivity contribution >= 4 is 21.7 Å². The fourth-order valence-corrected chi connectivity index (χ4v) is 2.99. The molecule has 2 atom stereocenters. The van der Waals surface area contributed by atoms with Crippen LogP contribution in [0.1, 0.15) is 37.9 Å². The van der Waals surface area contributed by atoms with Crippen molar-refractivity contribution < 1.29 is 27.1 Å². The molecule has 0 heterocycles. The molecule has 0 saturated heterocycles. The van der Waals surface area contributed by atoms with Gasteiger partial charge < -0.3 is 15.8 Å². The SMILES string of the molecule is CC(=O)N[C@H](CF)[C@H](OC(=O)CCCCN)c1ccc(S(C)(=O)=O)cc1. The Kier molecular flexibility index (Phi) is 8.67. The van der Waals surface area contributed by atoms with Gasteiger partial charge in [-0.05, 0) is 37.1 Å². The van der Waals surface area contributed by atoms with Crippen molar-refractivity contribution in [3.8, 4) is 0 Å². The van der Waals surface area contributed by atoms with Crippen LogP contribution in [-0.4, -0.2) is 45.8 Å². The fraction of sp³-hybridized carbons (Fsp3) is 0.529. The minimum Gasteiger partial charge on any atom is -0.455 e. The lowest BCUT2D eigenvalue weighted by Gasteiger charge is -2.26. The molecule has 3 N–H and O–H groups in total. The topological polar surface area (TPSA) is 116 Å². The van der Waals surface area contributed by atoms with Crippen molar-refractivity contribution in [2.24, 2.45) is 5.73 Å². The molecule has 0 unspecified atom stereocenters. The number of sulfone groups is 1. The van der Waals surface area contributed by atoms with Crippen LogP contribution in [-0.2, 0) is 24.2 Å². The Balaban J connectivity index is 3.06. The normalized spacial score (nSPS) is 13.7. The van der Waals surface area contributed by atoms with Gasteiger partial charge in [-0.25, -0.2) is 12.8 Å². The molecule has 0 spiro atoms. The zero-order valence-corrected chi connectivity index (χ0v) is 15.7. The lowest BCUT2D eigenvalue weighted by molar-refractivity contribution is -0.152. The minimum absolute atomic E-state index is 0.0885. The highest BCUT2D eigenvalue weighted by molar-refractivity contribution is 7.90. The first-order chi connectivity index (χ1) is 12.2. The number of halogens is 1.